The molecule has 0 aliphatic rings. The van der Waals surface area contributed by atoms with Crippen molar-refractivity contribution >= 4 is 28.5 Å². The molecule has 1 unspecified atom stereocenters. The number of benzene rings is 1. The molecule has 0 aliphatic carbocycles. The molecular formula is C15H17N3S. The molecule has 0 bridgehead atoms. The lowest BCUT2D eigenvalue weighted by Gasteiger charge is -2.15. The maximum absolute atomic E-state index is 9.23. The third-order valence-corrected chi connectivity index (χ3v) is 3.63. The molecule has 19 heavy (non-hydrogen) atoms. The minimum atomic E-state index is 0.313. The van der Waals surface area contributed by atoms with E-state index in [1.165, 1.54) is 0 Å². The van der Waals surface area contributed by atoms with E-state index in [0.29, 0.717) is 17.4 Å². The van der Waals surface area contributed by atoms with E-state index in [4.69, 9.17) is 0 Å². The Morgan fingerprint density at radius 2 is 2.21 bits per heavy atom. The quantitative estimate of drug-likeness (QED) is 0.901. The molecule has 0 amide bonds. The summed E-state index contributed by atoms with van der Waals surface area (Å²) in [6.45, 7) is 2.12. The summed E-state index contributed by atoms with van der Waals surface area (Å²) in [6, 6.07) is 12.3. The molecule has 0 fully saturated rings. The summed E-state index contributed by atoms with van der Waals surface area (Å²) < 4.78 is 0. The normalized spacial score (nSPS) is 12.1. The van der Waals surface area contributed by atoms with Gasteiger partial charge in [-0.15, -0.1) is 0 Å². The number of rotatable bonds is 5. The number of nitrogens with one attached hydrogen (secondary N) is 1. The van der Waals surface area contributed by atoms with E-state index in [2.05, 4.69) is 29.5 Å². The van der Waals surface area contributed by atoms with Gasteiger partial charge in [0.2, 0.25) is 0 Å². The monoisotopic (exact) mass is 271 g/mol. The van der Waals surface area contributed by atoms with Crippen molar-refractivity contribution in [3.05, 3.63) is 35.9 Å². The summed E-state index contributed by atoms with van der Waals surface area (Å²) in [5.41, 5.74) is 1.52. The third kappa shape index (κ3) is 3.39. The maximum Gasteiger partial charge on any atom is 0.144 e. The smallest absolute Gasteiger partial charge is 0.144 e. The Bertz CT molecular complexity index is 604. The molecule has 0 saturated carbocycles. The fourth-order valence-electron chi connectivity index (χ4n) is 1.91. The number of anilines is 1. The van der Waals surface area contributed by atoms with Crippen molar-refractivity contribution in [2.24, 2.45) is 0 Å². The van der Waals surface area contributed by atoms with Gasteiger partial charge in [-0.3, -0.25) is 0 Å². The first-order chi connectivity index (χ1) is 9.24. The topological polar surface area (TPSA) is 48.7 Å². The fourth-order valence-corrected chi connectivity index (χ4v) is 2.50. The standard InChI is InChI=1S/C15H17N3S/c1-11(7-8-19-2)17-15-13(10-16)9-12-5-3-4-6-14(12)18-15/h3-6,9,11H,7-8H2,1-2H3,(H,17,18). The first-order valence-corrected chi connectivity index (χ1v) is 7.69. The number of nitriles is 1. The second-order valence-corrected chi connectivity index (χ2v) is 5.50. The van der Waals surface area contributed by atoms with Crippen molar-refractivity contribution in [3.8, 4) is 6.07 Å². The van der Waals surface area contributed by atoms with Gasteiger partial charge in [0.1, 0.15) is 11.9 Å². The minimum Gasteiger partial charge on any atom is -0.366 e. The van der Waals surface area contributed by atoms with Gasteiger partial charge in [0.25, 0.3) is 0 Å². The predicted molar refractivity (Wildman–Crippen MR) is 82.5 cm³/mol. The van der Waals surface area contributed by atoms with Gasteiger partial charge in [0, 0.05) is 11.4 Å². The first-order valence-electron chi connectivity index (χ1n) is 6.30. The molecule has 0 saturated heterocycles. The molecule has 98 valence electrons. The lowest BCUT2D eigenvalue weighted by atomic mass is 10.1. The van der Waals surface area contributed by atoms with Gasteiger partial charge < -0.3 is 5.32 Å². The van der Waals surface area contributed by atoms with Crippen LogP contribution >= 0.6 is 11.8 Å². The van der Waals surface area contributed by atoms with Crippen molar-refractivity contribution in [2.45, 2.75) is 19.4 Å². The van der Waals surface area contributed by atoms with Crippen LogP contribution in [0.5, 0.6) is 0 Å². The highest BCUT2D eigenvalue weighted by Gasteiger charge is 2.09. The summed E-state index contributed by atoms with van der Waals surface area (Å²) >= 11 is 1.83. The molecule has 1 N–H and O–H groups in total. The Balaban J connectivity index is 2.28. The molecule has 2 rings (SSSR count). The maximum atomic E-state index is 9.23. The second-order valence-electron chi connectivity index (χ2n) is 4.52. The lowest BCUT2D eigenvalue weighted by molar-refractivity contribution is 0.767. The van der Waals surface area contributed by atoms with Crippen LogP contribution in [0.2, 0.25) is 0 Å². The number of pyridine rings is 1. The summed E-state index contributed by atoms with van der Waals surface area (Å²) in [6.07, 6.45) is 3.16. The molecule has 4 heteroatoms. The van der Waals surface area contributed by atoms with Gasteiger partial charge in [-0.05, 0) is 37.5 Å². The molecule has 0 radical (unpaired) electrons. The Morgan fingerprint density at radius 3 is 2.95 bits per heavy atom. The Kier molecular flexibility index (Phi) is 4.64. The van der Waals surface area contributed by atoms with E-state index in [-0.39, 0.29) is 0 Å². The van der Waals surface area contributed by atoms with Crippen molar-refractivity contribution in [1.29, 1.82) is 5.26 Å². The van der Waals surface area contributed by atoms with Crippen LogP contribution in [0.3, 0.4) is 0 Å². The van der Waals surface area contributed by atoms with Crippen LogP contribution in [0.15, 0.2) is 30.3 Å². The summed E-state index contributed by atoms with van der Waals surface area (Å²) in [5.74, 6) is 1.79. The molecule has 0 aliphatic heterocycles. The predicted octanol–water partition coefficient (Wildman–Crippen LogP) is 3.66. The van der Waals surface area contributed by atoms with Gasteiger partial charge in [-0.2, -0.15) is 17.0 Å². The zero-order valence-corrected chi connectivity index (χ0v) is 12.0. The summed E-state index contributed by atoms with van der Waals surface area (Å²) in [7, 11) is 0. The summed E-state index contributed by atoms with van der Waals surface area (Å²) in [5, 5.41) is 13.6. The van der Waals surface area contributed by atoms with Crippen LogP contribution in [-0.2, 0) is 0 Å². The summed E-state index contributed by atoms with van der Waals surface area (Å²) in [4.78, 5) is 4.55. The van der Waals surface area contributed by atoms with E-state index >= 15 is 0 Å². The molecular weight excluding hydrogens is 254 g/mol. The Labute approximate surface area is 118 Å². The molecule has 1 atom stereocenters. The zero-order valence-electron chi connectivity index (χ0n) is 11.2. The highest BCUT2D eigenvalue weighted by Crippen LogP contribution is 2.20. The third-order valence-electron chi connectivity index (χ3n) is 2.98. The van der Waals surface area contributed by atoms with Gasteiger partial charge >= 0.3 is 0 Å². The number of thioether (sulfide) groups is 1. The van der Waals surface area contributed by atoms with Crippen LogP contribution in [0.4, 0.5) is 5.82 Å². The first kappa shape index (κ1) is 13.7. The van der Waals surface area contributed by atoms with E-state index in [1.54, 1.807) is 0 Å². The number of nitrogens with zero attached hydrogens (tertiary/aromatic N) is 2. The van der Waals surface area contributed by atoms with Gasteiger partial charge in [0.15, 0.2) is 0 Å². The number of hydrogen-bond acceptors (Lipinski definition) is 4. The van der Waals surface area contributed by atoms with E-state index in [1.807, 2.05) is 42.1 Å². The van der Waals surface area contributed by atoms with Gasteiger partial charge in [0.05, 0.1) is 11.1 Å². The SMILES string of the molecule is CSCCC(C)Nc1nc2ccccc2cc1C#N. The van der Waals surface area contributed by atoms with E-state index < -0.39 is 0 Å². The molecule has 3 nitrogen and oxygen atoms in total. The average molecular weight is 271 g/mol. The van der Waals surface area contributed by atoms with Crippen molar-refractivity contribution in [3.63, 3.8) is 0 Å². The number of hydrogen-bond donors (Lipinski definition) is 1. The molecule has 1 heterocycles. The zero-order chi connectivity index (χ0) is 13.7. The van der Waals surface area contributed by atoms with Crippen molar-refractivity contribution < 1.29 is 0 Å². The number of aromatic nitrogens is 1. The van der Waals surface area contributed by atoms with Crippen LogP contribution in [0.25, 0.3) is 10.9 Å². The lowest BCUT2D eigenvalue weighted by Crippen LogP contribution is -2.17. The van der Waals surface area contributed by atoms with E-state index in [9.17, 15) is 5.26 Å². The molecule has 1 aromatic carbocycles. The molecule has 0 spiro atoms. The van der Waals surface area contributed by atoms with Gasteiger partial charge in [-0.1, -0.05) is 18.2 Å². The van der Waals surface area contributed by atoms with E-state index in [0.717, 1.165) is 23.1 Å². The van der Waals surface area contributed by atoms with Crippen LogP contribution in [0, 0.1) is 11.3 Å². The van der Waals surface area contributed by atoms with Crippen molar-refractivity contribution in [2.75, 3.05) is 17.3 Å². The van der Waals surface area contributed by atoms with Crippen molar-refractivity contribution in [1.82, 2.24) is 4.98 Å². The highest BCUT2D eigenvalue weighted by atomic mass is 32.2. The van der Waals surface area contributed by atoms with Gasteiger partial charge in [-0.25, -0.2) is 4.98 Å². The number of para-hydroxylation sites is 1. The Hall–Kier alpha value is -1.73. The minimum absolute atomic E-state index is 0.313. The van der Waals surface area contributed by atoms with Crippen LogP contribution in [0.1, 0.15) is 18.9 Å². The highest BCUT2D eigenvalue weighted by molar-refractivity contribution is 7.98. The number of fused-ring (bicyclic) bond motifs is 1. The van der Waals surface area contributed by atoms with Crippen LogP contribution < -0.4 is 5.32 Å². The fraction of sp³-hybridized carbons (Fsp3) is 0.333. The molecule has 2 aromatic rings. The largest absolute Gasteiger partial charge is 0.366 e. The average Bonchev–Trinajstić information content (AvgIpc) is 2.44. The molecule has 1 aromatic heterocycles. The van der Waals surface area contributed by atoms with Crippen LogP contribution in [-0.4, -0.2) is 23.0 Å². The second kappa shape index (κ2) is 6.44. The Morgan fingerprint density at radius 1 is 1.42 bits per heavy atom.